The SMILES string of the molecule is Cc1ccc(NCC2CCN(C(=O)OC(C)(C)C)CC2)cc1Cl. The smallest absolute Gasteiger partial charge is 0.410 e. The van der Waals surface area contributed by atoms with Gasteiger partial charge in [-0.2, -0.15) is 0 Å². The lowest BCUT2D eigenvalue weighted by molar-refractivity contribution is 0.0188. The summed E-state index contributed by atoms with van der Waals surface area (Å²) < 4.78 is 5.42. The molecule has 0 bridgehead atoms. The predicted molar refractivity (Wildman–Crippen MR) is 95.2 cm³/mol. The average Bonchev–Trinajstić information content (AvgIpc) is 2.47. The third kappa shape index (κ3) is 5.61. The standard InChI is InChI=1S/C18H27ClN2O2/c1-13-5-6-15(11-16(13)19)20-12-14-7-9-21(10-8-14)17(22)23-18(2,3)4/h5-6,11,14,20H,7-10,12H2,1-4H3. The van der Waals surface area contributed by atoms with Crippen LogP contribution in [0, 0.1) is 12.8 Å². The molecule has 0 saturated carbocycles. The van der Waals surface area contributed by atoms with Gasteiger partial charge in [-0.1, -0.05) is 17.7 Å². The number of halogens is 1. The molecule has 1 aliphatic rings. The van der Waals surface area contributed by atoms with Crippen molar-refractivity contribution in [3.05, 3.63) is 28.8 Å². The Kier molecular flexibility index (Phi) is 5.79. The highest BCUT2D eigenvalue weighted by Gasteiger charge is 2.26. The Morgan fingerprint density at radius 2 is 2.00 bits per heavy atom. The summed E-state index contributed by atoms with van der Waals surface area (Å²) in [4.78, 5) is 13.9. The predicted octanol–water partition coefficient (Wildman–Crippen LogP) is 4.71. The lowest BCUT2D eigenvalue weighted by atomic mass is 9.97. The quantitative estimate of drug-likeness (QED) is 0.868. The van der Waals surface area contributed by atoms with Crippen molar-refractivity contribution in [1.82, 2.24) is 4.90 Å². The number of carbonyl (C=O) groups is 1. The van der Waals surface area contributed by atoms with E-state index in [0.29, 0.717) is 5.92 Å². The third-order valence-corrected chi connectivity index (χ3v) is 4.44. The van der Waals surface area contributed by atoms with E-state index in [1.807, 2.05) is 44.7 Å². The van der Waals surface area contributed by atoms with Crippen LogP contribution in [-0.4, -0.2) is 36.2 Å². The highest BCUT2D eigenvalue weighted by atomic mass is 35.5. The fourth-order valence-corrected chi connectivity index (χ4v) is 2.79. The maximum absolute atomic E-state index is 12.0. The van der Waals surface area contributed by atoms with Gasteiger partial charge in [0, 0.05) is 30.3 Å². The number of nitrogens with one attached hydrogen (secondary N) is 1. The Morgan fingerprint density at radius 3 is 2.57 bits per heavy atom. The van der Waals surface area contributed by atoms with Gasteiger partial charge in [0.2, 0.25) is 0 Å². The first-order valence-electron chi connectivity index (χ1n) is 8.22. The van der Waals surface area contributed by atoms with E-state index in [9.17, 15) is 4.79 Å². The van der Waals surface area contributed by atoms with Crippen LogP contribution >= 0.6 is 11.6 Å². The fraction of sp³-hybridized carbons (Fsp3) is 0.611. The van der Waals surface area contributed by atoms with E-state index in [1.54, 1.807) is 0 Å². The van der Waals surface area contributed by atoms with Crippen LogP contribution < -0.4 is 5.32 Å². The molecule has 5 heteroatoms. The number of ether oxygens (including phenoxy) is 1. The summed E-state index contributed by atoms with van der Waals surface area (Å²) in [5.41, 5.74) is 1.71. The van der Waals surface area contributed by atoms with Crippen LogP contribution in [0.25, 0.3) is 0 Å². The van der Waals surface area contributed by atoms with E-state index in [1.165, 1.54) is 0 Å². The van der Waals surface area contributed by atoms with Crippen molar-refractivity contribution in [2.75, 3.05) is 25.0 Å². The van der Waals surface area contributed by atoms with Gasteiger partial charge in [0.1, 0.15) is 5.60 Å². The number of nitrogens with zero attached hydrogens (tertiary/aromatic N) is 1. The number of benzene rings is 1. The van der Waals surface area contributed by atoms with Gasteiger partial charge in [-0.05, 0) is 64.2 Å². The summed E-state index contributed by atoms with van der Waals surface area (Å²) in [6.07, 6.45) is 1.78. The van der Waals surface area contributed by atoms with E-state index in [4.69, 9.17) is 16.3 Å². The van der Waals surface area contributed by atoms with Crippen LogP contribution in [0.5, 0.6) is 0 Å². The summed E-state index contributed by atoms with van der Waals surface area (Å²) in [6.45, 7) is 10.1. The zero-order chi connectivity index (χ0) is 17.0. The molecule has 1 aromatic carbocycles. The average molecular weight is 339 g/mol. The van der Waals surface area contributed by atoms with Crippen molar-refractivity contribution in [2.24, 2.45) is 5.92 Å². The van der Waals surface area contributed by atoms with Gasteiger partial charge in [0.15, 0.2) is 0 Å². The van der Waals surface area contributed by atoms with Crippen molar-refractivity contribution in [1.29, 1.82) is 0 Å². The fourth-order valence-electron chi connectivity index (χ4n) is 2.61. The largest absolute Gasteiger partial charge is 0.444 e. The van der Waals surface area contributed by atoms with E-state index < -0.39 is 5.60 Å². The molecule has 0 atom stereocenters. The molecule has 0 radical (unpaired) electrons. The molecular weight excluding hydrogens is 312 g/mol. The van der Waals surface area contributed by atoms with Crippen molar-refractivity contribution in [3.63, 3.8) is 0 Å². The van der Waals surface area contributed by atoms with E-state index >= 15 is 0 Å². The van der Waals surface area contributed by atoms with E-state index in [0.717, 1.165) is 48.7 Å². The van der Waals surface area contributed by atoms with Crippen molar-refractivity contribution in [3.8, 4) is 0 Å². The summed E-state index contributed by atoms with van der Waals surface area (Å²) in [7, 11) is 0. The summed E-state index contributed by atoms with van der Waals surface area (Å²) in [5, 5.41) is 4.23. The first kappa shape index (κ1) is 17.9. The number of carbonyl (C=O) groups excluding carboxylic acids is 1. The van der Waals surface area contributed by atoms with Gasteiger partial charge in [-0.3, -0.25) is 0 Å². The number of hydrogen-bond donors (Lipinski definition) is 1. The molecule has 1 aliphatic heterocycles. The maximum atomic E-state index is 12.0. The second-order valence-electron chi connectivity index (χ2n) is 7.26. The molecule has 0 unspecified atom stereocenters. The molecule has 128 valence electrons. The van der Waals surface area contributed by atoms with Gasteiger partial charge in [-0.25, -0.2) is 4.79 Å². The first-order valence-corrected chi connectivity index (χ1v) is 8.60. The molecule has 1 aromatic rings. The minimum Gasteiger partial charge on any atom is -0.444 e. The van der Waals surface area contributed by atoms with Crippen molar-refractivity contribution < 1.29 is 9.53 Å². The van der Waals surface area contributed by atoms with Gasteiger partial charge >= 0.3 is 6.09 Å². The number of rotatable bonds is 3. The van der Waals surface area contributed by atoms with Crippen LogP contribution in [0.3, 0.4) is 0 Å². The summed E-state index contributed by atoms with van der Waals surface area (Å²) >= 11 is 6.14. The zero-order valence-electron chi connectivity index (χ0n) is 14.5. The number of amides is 1. The molecule has 2 rings (SSSR count). The topological polar surface area (TPSA) is 41.6 Å². The van der Waals surface area contributed by atoms with Crippen LogP contribution in [0.4, 0.5) is 10.5 Å². The third-order valence-electron chi connectivity index (χ3n) is 4.03. The molecule has 1 saturated heterocycles. The number of aryl methyl sites for hydroxylation is 1. The number of piperidine rings is 1. The number of anilines is 1. The van der Waals surface area contributed by atoms with E-state index in [-0.39, 0.29) is 6.09 Å². The van der Waals surface area contributed by atoms with Gasteiger partial charge in [-0.15, -0.1) is 0 Å². The molecule has 23 heavy (non-hydrogen) atoms. The molecule has 1 heterocycles. The molecule has 1 amide bonds. The summed E-state index contributed by atoms with van der Waals surface area (Å²) in [5.74, 6) is 0.564. The second-order valence-corrected chi connectivity index (χ2v) is 7.66. The Morgan fingerprint density at radius 1 is 1.35 bits per heavy atom. The lowest BCUT2D eigenvalue weighted by Crippen LogP contribution is -2.42. The van der Waals surface area contributed by atoms with Crippen LogP contribution in [-0.2, 0) is 4.74 Å². The van der Waals surface area contributed by atoms with Crippen LogP contribution in [0.15, 0.2) is 18.2 Å². The number of hydrogen-bond acceptors (Lipinski definition) is 3. The van der Waals surface area contributed by atoms with Gasteiger partial charge < -0.3 is 15.0 Å². The summed E-state index contributed by atoms with van der Waals surface area (Å²) in [6, 6.07) is 6.04. The first-order chi connectivity index (χ1) is 10.7. The Bertz CT molecular complexity index is 546. The lowest BCUT2D eigenvalue weighted by Gasteiger charge is -2.33. The second kappa shape index (κ2) is 7.43. The van der Waals surface area contributed by atoms with E-state index in [2.05, 4.69) is 11.4 Å². The molecule has 0 aromatic heterocycles. The zero-order valence-corrected chi connectivity index (χ0v) is 15.2. The van der Waals surface area contributed by atoms with Gasteiger partial charge in [0.05, 0.1) is 0 Å². The molecule has 0 spiro atoms. The van der Waals surface area contributed by atoms with Gasteiger partial charge in [0.25, 0.3) is 0 Å². The normalized spacial score (nSPS) is 16.3. The highest BCUT2D eigenvalue weighted by Crippen LogP contribution is 2.23. The molecule has 1 fully saturated rings. The van der Waals surface area contributed by atoms with Crippen LogP contribution in [0.2, 0.25) is 5.02 Å². The Hall–Kier alpha value is -1.42. The molecular formula is C18H27ClN2O2. The minimum atomic E-state index is -0.430. The monoisotopic (exact) mass is 338 g/mol. The van der Waals surface area contributed by atoms with Crippen molar-refractivity contribution in [2.45, 2.75) is 46.1 Å². The molecule has 1 N–H and O–H groups in total. The van der Waals surface area contributed by atoms with Crippen LogP contribution in [0.1, 0.15) is 39.2 Å². The minimum absolute atomic E-state index is 0.200. The number of likely N-dealkylation sites (tertiary alicyclic amines) is 1. The Balaban J connectivity index is 1.76. The molecule has 0 aliphatic carbocycles. The maximum Gasteiger partial charge on any atom is 0.410 e. The Labute approximate surface area is 144 Å². The molecule has 4 nitrogen and oxygen atoms in total. The highest BCUT2D eigenvalue weighted by molar-refractivity contribution is 6.31. The van der Waals surface area contributed by atoms with Crippen molar-refractivity contribution >= 4 is 23.4 Å².